The number of rotatable bonds is 2. The number of carbonyl (C=O) groups excluding carboxylic acids is 1. The van der Waals surface area contributed by atoms with Crippen LogP contribution in [0.2, 0.25) is 14.8 Å². The summed E-state index contributed by atoms with van der Waals surface area (Å²) >= 11 is -2.10. The molecule has 1 aliphatic rings. The van der Waals surface area contributed by atoms with Crippen molar-refractivity contribution in [1.82, 2.24) is 0 Å². The van der Waals surface area contributed by atoms with Gasteiger partial charge in [-0.05, 0) is 0 Å². The molecular formula is C13H20N2OSn. The summed E-state index contributed by atoms with van der Waals surface area (Å²) < 4.78 is 0.487. The van der Waals surface area contributed by atoms with Gasteiger partial charge in [0.15, 0.2) is 0 Å². The number of hydrogen-bond donors (Lipinski definition) is 1. The minimum atomic E-state index is -2.10. The molecule has 1 amide bonds. The molecule has 0 radical (unpaired) electrons. The monoisotopic (exact) mass is 340 g/mol. The van der Waals surface area contributed by atoms with E-state index in [2.05, 4.69) is 14.8 Å². The number of carbonyl (C=O) groups is 1. The SMILES string of the molecule is [CH3][Sn]([CH3])([CH3])[C@@H]1CCC(=O)N1c1ccc(N)cc1. The molecule has 1 atom stereocenters. The van der Waals surface area contributed by atoms with Gasteiger partial charge in [-0.2, -0.15) is 0 Å². The minimum absolute atomic E-state index is 0.270. The normalized spacial score (nSPS) is 21.0. The van der Waals surface area contributed by atoms with Crippen LogP contribution in [-0.4, -0.2) is 28.3 Å². The summed E-state index contributed by atoms with van der Waals surface area (Å²) in [6.07, 6.45) is 1.73. The van der Waals surface area contributed by atoms with E-state index in [1.54, 1.807) is 0 Å². The van der Waals surface area contributed by atoms with Crippen LogP contribution in [0.15, 0.2) is 24.3 Å². The van der Waals surface area contributed by atoms with Gasteiger partial charge < -0.3 is 0 Å². The van der Waals surface area contributed by atoms with Crippen LogP contribution in [0, 0.1) is 0 Å². The Bertz CT molecular complexity index is 422. The van der Waals surface area contributed by atoms with Crippen LogP contribution >= 0.6 is 0 Å². The van der Waals surface area contributed by atoms with Crippen molar-refractivity contribution in [3.05, 3.63) is 24.3 Å². The first kappa shape index (κ1) is 12.7. The standard InChI is InChI=1S/C10H11N2O.3CH3.Sn/c11-8-3-5-9(6-4-8)12-7-1-2-10(12)13;;;;/h3-7H,1-2,11H2;3*1H3;. The van der Waals surface area contributed by atoms with Crippen LogP contribution in [-0.2, 0) is 4.79 Å². The molecule has 1 aliphatic heterocycles. The fourth-order valence-corrected chi connectivity index (χ4v) is 8.39. The zero-order valence-electron chi connectivity index (χ0n) is 10.7. The zero-order valence-corrected chi connectivity index (χ0v) is 13.6. The van der Waals surface area contributed by atoms with Crippen molar-refractivity contribution in [2.24, 2.45) is 0 Å². The Balaban J connectivity index is 2.34. The van der Waals surface area contributed by atoms with Gasteiger partial charge in [-0.15, -0.1) is 0 Å². The molecule has 0 aromatic heterocycles. The second-order valence-corrected chi connectivity index (χ2v) is 21.2. The molecule has 1 fully saturated rings. The summed E-state index contributed by atoms with van der Waals surface area (Å²) in [6.45, 7) is 0. The van der Waals surface area contributed by atoms with Crippen molar-refractivity contribution < 1.29 is 4.79 Å². The molecule has 2 rings (SSSR count). The van der Waals surface area contributed by atoms with Gasteiger partial charge in [0.2, 0.25) is 0 Å². The second kappa shape index (κ2) is 4.52. The molecule has 1 aromatic carbocycles. The van der Waals surface area contributed by atoms with Crippen LogP contribution in [0.4, 0.5) is 11.4 Å². The van der Waals surface area contributed by atoms with E-state index in [1.807, 2.05) is 29.2 Å². The molecule has 0 spiro atoms. The van der Waals surface area contributed by atoms with E-state index in [0.717, 1.165) is 17.8 Å². The van der Waals surface area contributed by atoms with Gasteiger partial charge in [0.05, 0.1) is 0 Å². The molecule has 0 aliphatic carbocycles. The van der Waals surface area contributed by atoms with E-state index in [1.165, 1.54) is 0 Å². The van der Waals surface area contributed by atoms with Crippen molar-refractivity contribution in [1.29, 1.82) is 0 Å². The number of hydrogen-bond acceptors (Lipinski definition) is 2. The average Bonchev–Trinajstić information content (AvgIpc) is 2.61. The predicted molar refractivity (Wildman–Crippen MR) is 74.7 cm³/mol. The zero-order chi connectivity index (χ0) is 12.6. The van der Waals surface area contributed by atoms with Crippen LogP contribution < -0.4 is 10.6 Å². The Labute approximate surface area is 107 Å². The molecule has 3 nitrogen and oxygen atoms in total. The van der Waals surface area contributed by atoms with Gasteiger partial charge >= 0.3 is 107 Å². The van der Waals surface area contributed by atoms with Crippen LogP contribution in [0.3, 0.4) is 0 Å². The van der Waals surface area contributed by atoms with E-state index < -0.39 is 18.4 Å². The topological polar surface area (TPSA) is 46.3 Å². The van der Waals surface area contributed by atoms with Gasteiger partial charge in [0, 0.05) is 0 Å². The van der Waals surface area contributed by atoms with Gasteiger partial charge in [-0.3, -0.25) is 0 Å². The number of nitrogens with two attached hydrogens (primary N) is 1. The molecule has 92 valence electrons. The number of nitrogens with zero attached hydrogens (tertiary/aromatic N) is 1. The third-order valence-electron chi connectivity index (χ3n) is 3.38. The number of nitrogen functional groups attached to an aromatic ring is 1. The first-order valence-corrected chi connectivity index (χ1v) is 16.3. The quantitative estimate of drug-likeness (QED) is 0.665. The van der Waals surface area contributed by atoms with Gasteiger partial charge in [-0.1, -0.05) is 0 Å². The second-order valence-electron chi connectivity index (χ2n) is 5.78. The summed E-state index contributed by atoms with van der Waals surface area (Å²) in [7, 11) is 0. The Morgan fingerprint density at radius 2 is 1.82 bits per heavy atom. The first-order chi connectivity index (χ1) is 7.89. The van der Waals surface area contributed by atoms with E-state index in [9.17, 15) is 4.79 Å². The van der Waals surface area contributed by atoms with Crippen LogP contribution in [0.25, 0.3) is 0 Å². The fourth-order valence-electron chi connectivity index (χ4n) is 2.46. The fraction of sp³-hybridized carbons (Fsp3) is 0.462. The third-order valence-corrected chi connectivity index (χ3v) is 10.7. The molecule has 0 unspecified atom stereocenters. The van der Waals surface area contributed by atoms with E-state index in [-0.39, 0.29) is 5.91 Å². The number of benzene rings is 1. The molecule has 1 heterocycles. The Kier molecular flexibility index (Phi) is 3.38. The molecule has 2 N–H and O–H groups in total. The molecule has 4 heteroatoms. The van der Waals surface area contributed by atoms with E-state index >= 15 is 0 Å². The number of amides is 1. The molecule has 17 heavy (non-hydrogen) atoms. The molecule has 1 saturated heterocycles. The first-order valence-electron chi connectivity index (χ1n) is 6.07. The summed E-state index contributed by atoms with van der Waals surface area (Å²) in [5, 5.41) is 0. The predicted octanol–water partition coefficient (Wildman–Crippen LogP) is 2.64. The maximum atomic E-state index is 12.0. The molecule has 0 bridgehead atoms. The van der Waals surface area contributed by atoms with E-state index in [4.69, 9.17) is 5.73 Å². The summed E-state index contributed by atoms with van der Waals surface area (Å²) in [4.78, 5) is 21.2. The van der Waals surface area contributed by atoms with Crippen molar-refractivity contribution >= 4 is 35.7 Å². The molecule has 1 aromatic rings. The number of anilines is 2. The van der Waals surface area contributed by atoms with Crippen LogP contribution in [0.5, 0.6) is 0 Å². The summed E-state index contributed by atoms with van der Waals surface area (Å²) in [5.74, 6) is 0.270. The molecule has 0 saturated carbocycles. The maximum absolute atomic E-state index is 12.0. The van der Waals surface area contributed by atoms with E-state index in [0.29, 0.717) is 10.5 Å². The van der Waals surface area contributed by atoms with Gasteiger partial charge in [0.25, 0.3) is 0 Å². The van der Waals surface area contributed by atoms with Crippen molar-refractivity contribution in [3.8, 4) is 0 Å². The summed E-state index contributed by atoms with van der Waals surface area (Å²) in [5.41, 5.74) is 7.45. The Morgan fingerprint density at radius 3 is 2.35 bits per heavy atom. The van der Waals surface area contributed by atoms with Crippen LogP contribution in [0.1, 0.15) is 12.8 Å². The van der Waals surface area contributed by atoms with Crippen molar-refractivity contribution in [3.63, 3.8) is 0 Å². The Hall–Kier alpha value is -0.711. The van der Waals surface area contributed by atoms with Gasteiger partial charge in [0.1, 0.15) is 0 Å². The van der Waals surface area contributed by atoms with Gasteiger partial charge in [-0.25, -0.2) is 0 Å². The summed E-state index contributed by atoms with van der Waals surface area (Å²) in [6, 6.07) is 7.67. The van der Waals surface area contributed by atoms with Crippen molar-refractivity contribution in [2.45, 2.75) is 31.7 Å². The molecular weight excluding hydrogens is 319 g/mol. The van der Waals surface area contributed by atoms with Crippen molar-refractivity contribution in [2.75, 3.05) is 10.6 Å². The third kappa shape index (κ3) is 2.59. The average molecular weight is 339 g/mol. The Morgan fingerprint density at radius 1 is 1.24 bits per heavy atom.